The molecule has 32 heavy (non-hydrogen) atoms. The van der Waals surface area contributed by atoms with Crippen LogP contribution in [0.3, 0.4) is 0 Å². The highest BCUT2D eigenvalue weighted by Gasteiger charge is 2.22. The van der Waals surface area contributed by atoms with Crippen LogP contribution >= 0.6 is 22.6 Å². The van der Waals surface area contributed by atoms with E-state index in [-0.39, 0.29) is 5.91 Å². The molecule has 1 heterocycles. The molecule has 0 radical (unpaired) electrons. The van der Waals surface area contributed by atoms with Crippen molar-refractivity contribution in [2.24, 2.45) is 5.10 Å². The fraction of sp³-hybridized carbons (Fsp3) is 0.111. The van der Waals surface area contributed by atoms with Crippen LogP contribution in [0.4, 0.5) is 0 Å². The van der Waals surface area contributed by atoms with E-state index < -0.39 is 5.92 Å². The Morgan fingerprint density at radius 3 is 2.06 bits per heavy atom. The van der Waals surface area contributed by atoms with Crippen molar-refractivity contribution in [3.8, 4) is 5.69 Å². The third-order valence-corrected chi connectivity index (χ3v) is 6.38. The summed E-state index contributed by atoms with van der Waals surface area (Å²) in [6.45, 7) is 4.14. The Morgan fingerprint density at radius 2 is 1.47 bits per heavy atom. The van der Waals surface area contributed by atoms with Crippen molar-refractivity contribution in [2.45, 2.75) is 19.8 Å². The summed E-state index contributed by atoms with van der Waals surface area (Å²) >= 11 is 2.35. The Bertz CT molecular complexity index is 1210. The lowest BCUT2D eigenvalue weighted by molar-refractivity contribution is -0.121. The molecule has 0 spiro atoms. The zero-order chi connectivity index (χ0) is 22.5. The third kappa shape index (κ3) is 4.67. The number of benzene rings is 3. The van der Waals surface area contributed by atoms with Crippen LogP contribution in [0.25, 0.3) is 5.69 Å². The predicted octanol–water partition coefficient (Wildman–Crippen LogP) is 5.98. The average molecular weight is 533 g/mol. The van der Waals surface area contributed by atoms with Crippen LogP contribution in [0.15, 0.2) is 96.1 Å². The first-order chi connectivity index (χ1) is 15.6. The topological polar surface area (TPSA) is 46.4 Å². The van der Waals surface area contributed by atoms with Gasteiger partial charge in [0.25, 0.3) is 5.91 Å². The molecule has 1 amide bonds. The number of amides is 1. The van der Waals surface area contributed by atoms with E-state index in [1.54, 1.807) is 6.21 Å². The molecule has 0 atom stereocenters. The maximum atomic E-state index is 13.1. The Morgan fingerprint density at radius 1 is 0.906 bits per heavy atom. The van der Waals surface area contributed by atoms with Crippen molar-refractivity contribution in [3.63, 3.8) is 0 Å². The van der Waals surface area contributed by atoms with Crippen LogP contribution in [0.5, 0.6) is 0 Å². The van der Waals surface area contributed by atoms with Gasteiger partial charge in [-0.25, -0.2) is 5.43 Å². The zero-order valence-electron chi connectivity index (χ0n) is 18.0. The van der Waals surface area contributed by atoms with Crippen LogP contribution in [-0.2, 0) is 4.79 Å². The first-order valence-corrected chi connectivity index (χ1v) is 11.5. The summed E-state index contributed by atoms with van der Waals surface area (Å²) in [6.07, 6.45) is 1.72. The number of rotatable bonds is 6. The standard InChI is InChI=1S/C27H24IN3O/c1-19-17-23(20(2)31(19)25-16-10-9-15-24(25)28)18-29-30-27(32)26(21-11-5-3-6-12-21)22-13-7-4-8-14-22/h3-18,26H,1-2H3,(H,30,32)/b29-18-. The number of aryl methyl sites for hydroxylation is 1. The Hall–Kier alpha value is -3.19. The van der Waals surface area contributed by atoms with Gasteiger partial charge in [0.2, 0.25) is 0 Å². The van der Waals surface area contributed by atoms with Crippen LogP contribution in [0, 0.1) is 17.4 Å². The van der Waals surface area contributed by atoms with Crippen molar-refractivity contribution in [2.75, 3.05) is 0 Å². The van der Waals surface area contributed by atoms with Crippen molar-refractivity contribution >= 4 is 34.7 Å². The molecule has 0 saturated carbocycles. The summed E-state index contributed by atoms with van der Waals surface area (Å²) in [5, 5.41) is 4.31. The SMILES string of the molecule is Cc1cc(/C=N\NC(=O)C(c2ccccc2)c2ccccc2)c(C)n1-c1ccccc1I. The molecule has 0 saturated heterocycles. The van der Waals surface area contributed by atoms with Gasteiger partial charge in [0, 0.05) is 20.5 Å². The number of hydrogen-bond donors (Lipinski definition) is 1. The van der Waals surface area contributed by atoms with E-state index in [1.165, 1.54) is 3.57 Å². The number of para-hydroxylation sites is 1. The largest absolute Gasteiger partial charge is 0.317 e. The summed E-state index contributed by atoms with van der Waals surface area (Å²) in [6, 6.07) is 29.9. The van der Waals surface area contributed by atoms with Gasteiger partial charge in [0.15, 0.2) is 0 Å². The number of hydrogen-bond acceptors (Lipinski definition) is 2. The van der Waals surface area contributed by atoms with E-state index in [4.69, 9.17) is 0 Å². The summed E-state index contributed by atoms with van der Waals surface area (Å²) in [4.78, 5) is 13.1. The van der Waals surface area contributed by atoms with Gasteiger partial charge in [-0.2, -0.15) is 5.10 Å². The van der Waals surface area contributed by atoms with Crippen molar-refractivity contribution < 1.29 is 4.79 Å². The molecule has 0 aliphatic heterocycles. The number of nitrogens with zero attached hydrogens (tertiary/aromatic N) is 2. The highest BCUT2D eigenvalue weighted by atomic mass is 127. The lowest BCUT2D eigenvalue weighted by atomic mass is 9.91. The van der Waals surface area contributed by atoms with Crippen LogP contribution < -0.4 is 5.43 Å². The maximum Gasteiger partial charge on any atom is 0.252 e. The second-order valence-corrected chi connectivity index (χ2v) is 8.76. The fourth-order valence-electron chi connectivity index (χ4n) is 3.94. The molecule has 0 bridgehead atoms. The van der Waals surface area contributed by atoms with E-state index in [2.05, 4.69) is 69.7 Å². The van der Waals surface area contributed by atoms with Gasteiger partial charge >= 0.3 is 0 Å². The molecular weight excluding hydrogens is 509 g/mol. The summed E-state index contributed by atoms with van der Waals surface area (Å²) in [5.74, 6) is -0.585. The monoisotopic (exact) mass is 533 g/mol. The highest BCUT2D eigenvalue weighted by molar-refractivity contribution is 14.1. The first kappa shape index (κ1) is 22.0. The molecule has 5 heteroatoms. The van der Waals surface area contributed by atoms with Gasteiger partial charge in [-0.1, -0.05) is 72.8 Å². The second kappa shape index (κ2) is 9.96. The maximum absolute atomic E-state index is 13.1. The minimum Gasteiger partial charge on any atom is -0.317 e. The molecule has 4 rings (SSSR count). The van der Waals surface area contributed by atoms with Crippen molar-refractivity contribution in [3.05, 3.63) is 123 Å². The Kier molecular flexibility index (Phi) is 6.85. The fourth-order valence-corrected chi connectivity index (χ4v) is 4.57. The number of nitrogens with one attached hydrogen (secondary N) is 1. The predicted molar refractivity (Wildman–Crippen MR) is 138 cm³/mol. The molecule has 3 aromatic carbocycles. The number of hydrazone groups is 1. The summed E-state index contributed by atoms with van der Waals surface area (Å²) in [5.41, 5.74) is 8.92. The van der Waals surface area contributed by atoms with E-state index in [0.29, 0.717) is 0 Å². The highest BCUT2D eigenvalue weighted by Crippen LogP contribution is 2.25. The molecule has 4 nitrogen and oxygen atoms in total. The number of aromatic nitrogens is 1. The van der Waals surface area contributed by atoms with E-state index in [9.17, 15) is 4.79 Å². The van der Waals surface area contributed by atoms with Crippen LogP contribution in [0.1, 0.15) is 34.0 Å². The van der Waals surface area contributed by atoms with Gasteiger partial charge in [0.05, 0.1) is 17.8 Å². The normalized spacial score (nSPS) is 11.2. The van der Waals surface area contributed by atoms with E-state index >= 15 is 0 Å². The molecule has 0 aliphatic carbocycles. The van der Waals surface area contributed by atoms with E-state index in [1.807, 2.05) is 72.8 Å². The molecule has 1 N–H and O–H groups in total. The van der Waals surface area contributed by atoms with Crippen LogP contribution in [-0.4, -0.2) is 16.7 Å². The minimum atomic E-state index is -0.423. The minimum absolute atomic E-state index is 0.162. The summed E-state index contributed by atoms with van der Waals surface area (Å²) in [7, 11) is 0. The Labute approximate surface area is 202 Å². The molecule has 160 valence electrons. The van der Waals surface area contributed by atoms with Crippen molar-refractivity contribution in [1.82, 2.24) is 9.99 Å². The van der Waals surface area contributed by atoms with Gasteiger partial charge < -0.3 is 4.57 Å². The first-order valence-electron chi connectivity index (χ1n) is 10.4. The van der Waals surface area contributed by atoms with Gasteiger partial charge in [-0.05, 0) is 65.8 Å². The smallest absolute Gasteiger partial charge is 0.252 e. The molecule has 0 fully saturated rings. The molecule has 0 aliphatic rings. The molecule has 4 aromatic rings. The summed E-state index contributed by atoms with van der Waals surface area (Å²) < 4.78 is 3.39. The molecule has 1 aromatic heterocycles. The second-order valence-electron chi connectivity index (χ2n) is 7.60. The molecule has 0 unspecified atom stereocenters. The van der Waals surface area contributed by atoms with Crippen molar-refractivity contribution in [1.29, 1.82) is 0 Å². The Balaban J connectivity index is 1.58. The molecular formula is C27H24IN3O. The van der Waals surface area contributed by atoms with Gasteiger partial charge in [-0.15, -0.1) is 0 Å². The zero-order valence-corrected chi connectivity index (χ0v) is 20.2. The van der Waals surface area contributed by atoms with Crippen LogP contribution in [0.2, 0.25) is 0 Å². The number of halogens is 1. The quantitative estimate of drug-likeness (QED) is 0.185. The third-order valence-electron chi connectivity index (χ3n) is 5.47. The number of carbonyl (C=O) groups is 1. The lowest BCUT2D eigenvalue weighted by Gasteiger charge is -2.16. The average Bonchev–Trinajstić information content (AvgIpc) is 3.09. The number of carbonyl (C=O) groups excluding carboxylic acids is 1. The van der Waals surface area contributed by atoms with E-state index in [0.717, 1.165) is 33.8 Å². The van der Waals surface area contributed by atoms with Gasteiger partial charge in [-0.3, -0.25) is 4.79 Å². The van der Waals surface area contributed by atoms with Gasteiger partial charge in [0.1, 0.15) is 0 Å². The lowest BCUT2D eigenvalue weighted by Crippen LogP contribution is -2.26.